The Morgan fingerprint density at radius 3 is 2.71 bits per heavy atom. The van der Waals surface area contributed by atoms with Gasteiger partial charge in [0.05, 0.1) is 5.41 Å². The first-order valence-corrected chi connectivity index (χ1v) is 5.43. The molecule has 0 atom stereocenters. The molecule has 0 aliphatic rings. The number of fused-ring (bicyclic) bond motifs is 1. The van der Waals surface area contributed by atoms with Gasteiger partial charge in [-0.2, -0.15) is 0 Å². The first kappa shape index (κ1) is 11.5. The number of hydrogen-bond acceptors (Lipinski definition) is 2. The van der Waals surface area contributed by atoms with Crippen LogP contribution in [0.5, 0.6) is 5.75 Å². The summed E-state index contributed by atoms with van der Waals surface area (Å²) >= 11 is 0. The van der Waals surface area contributed by atoms with Gasteiger partial charge >= 0.3 is 5.97 Å². The number of rotatable bonds is 3. The number of phenols is 1. The van der Waals surface area contributed by atoms with E-state index in [1.54, 1.807) is 32.0 Å². The van der Waals surface area contributed by atoms with E-state index in [2.05, 4.69) is 4.98 Å². The fraction of sp³-hybridized carbons (Fsp3) is 0.308. The van der Waals surface area contributed by atoms with Crippen molar-refractivity contribution in [2.24, 2.45) is 5.41 Å². The zero-order valence-electron chi connectivity index (χ0n) is 9.82. The maximum absolute atomic E-state index is 11.0. The van der Waals surface area contributed by atoms with Crippen molar-refractivity contribution in [1.82, 2.24) is 4.98 Å². The number of aromatic nitrogens is 1. The third-order valence-electron chi connectivity index (χ3n) is 2.91. The van der Waals surface area contributed by atoms with E-state index in [4.69, 9.17) is 5.11 Å². The topological polar surface area (TPSA) is 73.3 Å². The standard InChI is InChI=1S/C13H15NO3/c1-13(2,12(16)17)7-8-6-9-10(14-8)4-3-5-11(9)15/h3-6,14-15H,7H2,1-2H3,(H,16,17). The van der Waals surface area contributed by atoms with E-state index in [9.17, 15) is 9.90 Å². The number of carboxylic acid groups (broad SMARTS) is 1. The number of H-pyrrole nitrogens is 1. The number of carboxylic acids is 1. The number of benzene rings is 1. The summed E-state index contributed by atoms with van der Waals surface area (Å²) in [6, 6.07) is 7.02. The van der Waals surface area contributed by atoms with Gasteiger partial charge in [-0.15, -0.1) is 0 Å². The average Bonchev–Trinajstić information content (AvgIpc) is 2.60. The lowest BCUT2D eigenvalue weighted by Crippen LogP contribution is -2.26. The monoisotopic (exact) mass is 233 g/mol. The molecule has 0 saturated heterocycles. The van der Waals surface area contributed by atoms with Gasteiger partial charge in [0.25, 0.3) is 0 Å². The zero-order chi connectivity index (χ0) is 12.6. The summed E-state index contributed by atoms with van der Waals surface area (Å²) < 4.78 is 0. The lowest BCUT2D eigenvalue weighted by Gasteiger charge is -2.17. The molecule has 4 heteroatoms. The molecule has 0 amide bonds. The van der Waals surface area contributed by atoms with E-state index in [0.29, 0.717) is 6.42 Å². The largest absolute Gasteiger partial charge is 0.507 e. The number of aromatic hydroxyl groups is 1. The Bertz CT molecular complexity index is 569. The Labute approximate surface area is 98.9 Å². The molecule has 0 radical (unpaired) electrons. The molecule has 4 nitrogen and oxygen atoms in total. The molecule has 0 fully saturated rings. The summed E-state index contributed by atoms with van der Waals surface area (Å²) in [6.07, 6.45) is 0.399. The fourth-order valence-corrected chi connectivity index (χ4v) is 1.84. The van der Waals surface area contributed by atoms with Crippen molar-refractivity contribution >= 4 is 16.9 Å². The van der Waals surface area contributed by atoms with Gasteiger partial charge in [-0.1, -0.05) is 6.07 Å². The van der Waals surface area contributed by atoms with Gasteiger partial charge in [0.15, 0.2) is 0 Å². The van der Waals surface area contributed by atoms with Crippen LogP contribution in [0, 0.1) is 5.41 Å². The molecule has 0 saturated carbocycles. The number of aliphatic carboxylic acids is 1. The van der Waals surface area contributed by atoms with Gasteiger partial charge in [0.2, 0.25) is 0 Å². The summed E-state index contributed by atoms with van der Waals surface area (Å²) in [7, 11) is 0. The van der Waals surface area contributed by atoms with Crippen LogP contribution in [-0.4, -0.2) is 21.2 Å². The third-order valence-corrected chi connectivity index (χ3v) is 2.91. The smallest absolute Gasteiger partial charge is 0.309 e. The van der Waals surface area contributed by atoms with E-state index >= 15 is 0 Å². The molecule has 2 aromatic rings. The highest BCUT2D eigenvalue weighted by Crippen LogP contribution is 2.28. The van der Waals surface area contributed by atoms with Crippen molar-refractivity contribution in [2.75, 3.05) is 0 Å². The van der Waals surface area contributed by atoms with Crippen LogP contribution >= 0.6 is 0 Å². The van der Waals surface area contributed by atoms with Crippen LogP contribution in [0.25, 0.3) is 10.9 Å². The molecule has 90 valence electrons. The molecule has 0 bridgehead atoms. The highest BCUT2D eigenvalue weighted by atomic mass is 16.4. The summed E-state index contributed by atoms with van der Waals surface area (Å²) in [5.74, 6) is -0.626. The summed E-state index contributed by atoms with van der Waals surface area (Å²) in [5, 5.41) is 19.5. The summed E-state index contributed by atoms with van der Waals surface area (Å²) in [6.45, 7) is 3.36. The van der Waals surface area contributed by atoms with Gasteiger partial charge < -0.3 is 15.2 Å². The molecule has 0 unspecified atom stereocenters. The molecule has 2 rings (SSSR count). The Hall–Kier alpha value is -1.97. The van der Waals surface area contributed by atoms with Crippen LogP contribution in [0.2, 0.25) is 0 Å². The summed E-state index contributed by atoms with van der Waals surface area (Å²) in [5.41, 5.74) is 0.811. The Morgan fingerprint density at radius 1 is 1.41 bits per heavy atom. The predicted molar refractivity (Wildman–Crippen MR) is 65.1 cm³/mol. The van der Waals surface area contributed by atoms with Crippen LogP contribution in [0.4, 0.5) is 0 Å². The van der Waals surface area contributed by atoms with E-state index in [0.717, 1.165) is 16.6 Å². The predicted octanol–water partition coefficient (Wildman–Crippen LogP) is 2.53. The van der Waals surface area contributed by atoms with Crippen molar-refractivity contribution in [3.8, 4) is 5.75 Å². The Balaban J connectivity index is 2.38. The Kier molecular flexibility index (Phi) is 2.58. The maximum atomic E-state index is 11.0. The minimum atomic E-state index is -0.833. The van der Waals surface area contributed by atoms with Gasteiger partial charge in [-0.3, -0.25) is 4.79 Å². The molecule has 1 aromatic heterocycles. The number of hydrogen-bond donors (Lipinski definition) is 3. The molecule has 17 heavy (non-hydrogen) atoms. The van der Waals surface area contributed by atoms with Crippen LogP contribution in [0.3, 0.4) is 0 Å². The first-order chi connectivity index (χ1) is 7.90. The SMILES string of the molecule is CC(C)(Cc1cc2c(O)cccc2[nH]1)C(=O)O. The highest BCUT2D eigenvalue weighted by Gasteiger charge is 2.28. The molecule has 1 aromatic carbocycles. The molecular formula is C13H15NO3. The van der Waals surface area contributed by atoms with E-state index in [1.165, 1.54) is 0 Å². The van der Waals surface area contributed by atoms with Gasteiger partial charge in [-0.05, 0) is 32.0 Å². The molecular weight excluding hydrogens is 218 g/mol. The van der Waals surface area contributed by atoms with Crippen LogP contribution in [0.15, 0.2) is 24.3 Å². The third kappa shape index (κ3) is 2.11. The highest BCUT2D eigenvalue weighted by molar-refractivity contribution is 5.86. The van der Waals surface area contributed by atoms with Crippen molar-refractivity contribution in [3.05, 3.63) is 30.0 Å². The minimum absolute atomic E-state index is 0.207. The number of aromatic amines is 1. The number of carbonyl (C=O) groups is 1. The molecule has 3 N–H and O–H groups in total. The van der Waals surface area contributed by atoms with E-state index < -0.39 is 11.4 Å². The first-order valence-electron chi connectivity index (χ1n) is 5.43. The van der Waals surface area contributed by atoms with E-state index in [1.807, 2.05) is 6.07 Å². The molecule has 0 aliphatic carbocycles. The lowest BCUT2D eigenvalue weighted by atomic mass is 9.88. The zero-order valence-corrected chi connectivity index (χ0v) is 9.82. The van der Waals surface area contributed by atoms with Crippen LogP contribution in [0.1, 0.15) is 19.5 Å². The normalized spacial score (nSPS) is 11.9. The quantitative estimate of drug-likeness (QED) is 0.762. The van der Waals surface area contributed by atoms with Gasteiger partial charge in [0.1, 0.15) is 5.75 Å². The second-order valence-corrected chi connectivity index (χ2v) is 4.90. The van der Waals surface area contributed by atoms with Crippen molar-refractivity contribution in [2.45, 2.75) is 20.3 Å². The molecule has 0 aliphatic heterocycles. The second kappa shape index (κ2) is 3.80. The van der Waals surface area contributed by atoms with E-state index in [-0.39, 0.29) is 5.75 Å². The molecule has 1 heterocycles. The van der Waals surface area contributed by atoms with Crippen LogP contribution < -0.4 is 0 Å². The summed E-state index contributed by atoms with van der Waals surface area (Å²) in [4.78, 5) is 14.2. The van der Waals surface area contributed by atoms with Gasteiger partial charge in [0, 0.05) is 23.0 Å². The average molecular weight is 233 g/mol. The van der Waals surface area contributed by atoms with Crippen LogP contribution in [-0.2, 0) is 11.2 Å². The number of nitrogens with one attached hydrogen (secondary N) is 1. The second-order valence-electron chi connectivity index (χ2n) is 4.90. The maximum Gasteiger partial charge on any atom is 0.309 e. The lowest BCUT2D eigenvalue weighted by molar-refractivity contribution is -0.146. The fourth-order valence-electron chi connectivity index (χ4n) is 1.84. The Morgan fingerprint density at radius 2 is 2.12 bits per heavy atom. The number of phenolic OH excluding ortho intramolecular Hbond substituents is 1. The van der Waals surface area contributed by atoms with Gasteiger partial charge in [-0.25, -0.2) is 0 Å². The van der Waals surface area contributed by atoms with Crippen molar-refractivity contribution in [1.29, 1.82) is 0 Å². The van der Waals surface area contributed by atoms with Crippen molar-refractivity contribution in [3.63, 3.8) is 0 Å². The van der Waals surface area contributed by atoms with Crippen molar-refractivity contribution < 1.29 is 15.0 Å². The molecule has 0 spiro atoms. The minimum Gasteiger partial charge on any atom is -0.507 e.